The molecule has 0 aliphatic heterocycles. The molecule has 8 heteroatoms. The molecule has 1 aromatic heterocycles. The molecule has 2 N–H and O–H groups in total. The van der Waals surface area contributed by atoms with Crippen LogP contribution in [0.1, 0.15) is 20.8 Å². The number of esters is 1. The summed E-state index contributed by atoms with van der Waals surface area (Å²) in [5.41, 5.74) is 1.99. The molecule has 0 radical (unpaired) electrons. The normalized spacial score (nSPS) is 10.2. The van der Waals surface area contributed by atoms with E-state index in [0.717, 1.165) is 12.1 Å². The molecule has 6 nitrogen and oxygen atoms in total. The molecule has 0 saturated heterocycles. The van der Waals surface area contributed by atoms with Crippen molar-refractivity contribution in [3.8, 4) is 0 Å². The van der Waals surface area contributed by atoms with Gasteiger partial charge >= 0.3 is 5.97 Å². The predicted molar refractivity (Wildman–Crippen MR) is 99.6 cm³/mol. The highest BCUT2D eigenvalue weighted by molar-refractivity contribution is 6.03. The third kappa shape index (κ3) is 4.47. The fourth-order valence-electron chi connectivity index (χ4n) is 2.35. The summed E-state index contributed by atoms with van der Waals surface area (Å²) in [6.45, 7) is 0. The molecular formula is C20H15F2N3O3. The molecule has 0 unspecified atom stereocenters. The lowest BCUT2D eigenvalue weighted by Crippen LogP contribution is -2.13. The van der Waals surface area contributed by atoms with Gasteiger partial charge in [-0.3, -0.25) is 4.79 Å². The van der Waals surface area contributed by atoms with Gasteiger partial charge in [0.25, 0.3) is 5.91 Å². The largest absolute Gasteiger partial charge is 0.465 e. The van der Waals surface area contributed by atoms with Crippen molar-refractivity contribution in [3.05, 3.63) is 83.7 Å². The summed E-state index contributed by atoms with van der Waals surface area (Å²) < 4.78 is 30.8. The Kier molecular flexibility index (Phi) is 5.59. The zero-order valence-corrected chi connectivity index (χ0v) is 14.7. The third-order valence-electron chi connectivity index (χ3n) is 3.77. The van der Waals surface area contributed by atoms with Crippen molar-refractivity contribution in [2.45, 2.75) is 0 Å². The summed E-state index contributed by atoms with van der Waals surface area (Å²) >= 11 is 0. The molecule has 0 fully saturated rings. The summed E-state index contributed by atoms with van der Waals surface area (Å²) in [7, 11) is 1.31. The molecule has 0 spiro atoms. The molecule has 3 rings (SSSR count). The van der Waals surface area contributed by atoms with Crippen molar-refractivity contribution in [2.24, 2.45) is 0 Å². The Hall–Kier alpha value is -3.81. The van der Waals surface area contributed by atoms with Crippen molar-refractivity contribution in [1.82, 2.24) is 4.98 Å². The minimum atomic E-state index is -1.05. The Balaban J connectivity index is 1.64. The van der Waals surface area contributed by atoms with E-state index in [-0.39, 0.29) is 11.4 Å². The fourth-order valence-corrected chi connectivity index (χ4v) is 2.35. The predicted octanol–water partition coefficient (Wildman–Crippen LogP) is 4.14. The minimum Gasteiger partial charge on any atom is -0.465 e. The van der Waals surface area contributed by atoms with E-state index < -0.39 is 23.5 Å². The van der Waals surface area contributed by atoms with Gasteiger partial charge in [-0.25, -0.2) is 18.6 Å². The molecule has 0 aliphatic rings. The van der Waals surface area contributed by atoms with E-state index in [2.05, 4.69) is 20.4 Å². The first-order valence-corrected chi connectivity index (χ1v) is 8.14. The SMILES string of the molecule is COC(=O)c1ccc(Nc2ccc(C(=O)Nc3ccc(F)c(F)c3)nc2)cc1. The van der Waals surface area contributed by atoms with Crippen molar-refractivity contribution in [3.63, 3.8) is 0 Å². The number of hydrogen-bond donors (Lipinski definition) is 2. The lowest BCUT2D eigenvalue weighted by molar-refractivity contribution is 0.0600. The first-order chi connectivity index (χ1) is 13.5. The number of carbonyl (C=O) groups excluding carboxylic acids is 2. The second-order valence-corrected chi connectivity index (χ2v) is 5.71. The standard InChI is InChI=1S/C20H15F2N3O3/c1-28-20(27)12-2-4-13(5-3-12)24-15-7-9-18(23-11-15)19(26)25-14-6-8-16(21)17(22)10-14/h2-11,24H,1H3,(H,25,26). The fraction of sp³-hybridized carbons (Fsp3) is 0.0500. The number of halogens is 2. The number of ether oxygens (including phenoxy) is 1. The first kappa shape index (κ1) is 19.0. The van der Waals surface area contributed by atoms with Crippen LogP contribution in [-0.2, 0) is 4.74 Å². The van der Waals surface area contributed by atoms with E-state index in [0.29, 0.717) is 16.9 Å². The molecule has 28 heavy (non-hydrogen) atoms. The van der Waals surface area contributed by atoms with Crippen molar-refractivity contribution in [2.75, 3.05) is 17.7 Å². The van der Waals surface area contributed by atoms with Gasteiger partial charge in [0.2, 0.25) is 0 Å². The highest BCUT2D eigenvalue weighted by Crippen LogP contribution is 2.18. The minimum absolute atomic E-state index is 0.108. The van der Waals surface area contributed by atoms with Gasteiger partial charge in [0, 0.05) is 17.4 Å². The van der Waals surface area contributed by atoms with Crippen LogP contribution < -0.4 is 10.6 Å². The van der Waals surface area contributed by atoms with Gasteiger partial charge in [0.15, 0.2) is 11.6 Å². The van der Waals surface area contributed by atoms with Gasteiger partial charge in [0.05, 0.1) is 24.6 Å². The van der Waals surface area contributed by atoms with Crippen LogP contribution in [0, 0.1) is 11.6 Å². The number of methoxy groups -OCH3 is 1. The molecule has 1 amide bonds. The van der Waals surface area contributed by atoms with Gasteiger partial charge in [-0.15, -0.1) is 0 Å². The summed E-state index contributed by atoms with van der Waals surface area (Å²) in [5, 5.41) is 5.53. The summed E-state index contributed by atoms with van der Waals surface area (Å²) in [6, 6.07) is 12.8. The zero-order valence-electron chi connectivity index (χ0n) is 14.7. The van der Waals surface area contributed by atoms with E-state index in [9.17, 15) is 18.4 Å². The second kappa shape index (κ2) is 8.26. The summed E-state index contributed by atoms with van der Waals surface area (Å²) in [5.74, 6) is -3.03. The van der Waals surface area contributed by atoms with Crippen LogP contribution in [0.25, 0.3) is 0 Å². The van der Waals surface area contributed by atoms with Crippen LogP contribution in [0.3, 0.4) is 0 Å². The monoisotopic (exact) mass is 383 g/mol. The van der Waals surface area contributed by atoms with Gasteiger partial charge in [-0.2, -0.15) is 0 Å². The Labute approximate surface area is 159 Å². The Morgan fingerprint density at radius 2 is 1.57 bits per heavy atom. The van der Waals surface area contributed by atoms with Crippen molar-refractivity contribution < 1.29 is 23.1 Å². The van der Waals surface area contributed by atoms with Gasteiger partial charge in [-0.05, 0) is 48.5 Å². The topological polar surface area (TPSA) is 80.3 Å². The van der Waals surface area contributed by atoms with Crippen LogP contribution >= 0.6 is 0 Å². The van der Waals surface area contributed by atoms with Crippen LogP contribution in [0.5, 0.6) is 0 Å². The number of benzene rings is 2. The smallest absolute Gasteiger partial charge is 0.337 e. The van der Waals surface area contributed by atoms with Gasteiger partial charge in [-0.1, -0.05) is 0 Å². The Morgan fingerprint density at radius 3 is 2.18 bits per heavy atom. The molecular weight excluding hydrogens is 368 g/mol. The Bertz CT molecular complexity index is 1010. The first-order valence-electron chi connectivity index (χ1n) is 8.14. The maximum atomic E-state index is 13.2. The van der Waals surface area contributed by atoms with Crippen LogP contribution in [0.4, 0.5) is 25.8 Å². The summed E-state index contributed by atoms with van der Waals surface area (Å²) in [6.07, 6.45) is 1.45. The number of hydrogen-bond acceptors (Lipinski definition) is 5. The number of rotatable bonds is 5. The average molecular weight is 383 g/mol. The molecule has 1 heterocycles. The van der Waals surface area contributed by atoms with Crippen molar-refractivity contribution in [1.29, 1.82) is 0 Å². The molecule has 2 aromatic carbocycles. The van der Waals surface area contributed by atoms with Crippen LogP contribution in [0.15, 0.2) is 60.8 Å². The molecule has 3 aromatic rings. The van der Waals surface area contributed by atoms with Gasteiger partial charge < -0.3 is 15.4 Å². The Morgan fingerprint density at radius 1 is 0.893 bits per heavy atom. The second-order valence-electron chi connectivity index (χ2n) is 5.71. The summed E-state index contributed by atoms with van der Waals surface area (Å²) in [4.78, 5) is 27.6. The lowest BCUT2D eigenvalue weighted by Gasteiger charge is -2.08. The maximum absolute atomic E-state index is 13.2. The van der Waals surface area contributed by atoms with E-state index in [4.69, 9.17) is 0 Å². The van der Waals surface area contributed by atoms with Crippen LogP contribution in [-0.4, -0.2) is 24.0 Å². The van der Waals surface area contributed by atoms with E-state index in [1.165, 1.54) is 25.4 Å². The van der Waals surface area contributed by atoms with E-state index in [1.807, 2.05) is 0 Å². The maximum Gasteiger partial charge on any atom is 0.337 e. The number of nitrogens with zero attached hydrogens (tertiary/aromatic N) is 1. The number of anilines is 3. The highest BCUT2D eigenvalue weighted by atomic mass is 19.2. The number of nitrogens with one attached hydrogen (secondary N) is 2. The molecule has 0 saturated carbocycles. The van der Waals surface area contributed by atoms with Gasteiger partial charge in [0.1, 0.15) is 5.69 Å². The molecule has 0 bridgehead atoms. The van der Waals surface area contributed by atoms with Crippen molar-refractivity contribution >= 4 is 28.9 Å². The number of amides is 1. The van der Waals surface area contributed by atoms with E-state index >= 15 is 0 Å². The molecule has 0 atom stereocenters. The lowest BCUT2D eigenvalue weighted by atomic mass is 10.2. The zero-order chi connectivity index (χ0) is 20.1. The highest BCUT2D eigenvalue weighted by Gasteiger charge is 2.10. The number of carbonyl (C=O) groups is 2. The third-order valence-corrected chi connectivity index (χ3v) is 3.77. The number of aromatic nitrogens is 1. The average Bonchev–Trinajstić information content (AvgIpc) is 2.71. The molecule has 142 valence electrons. The quantitative estimate of drug-likeness (QED) is 0.647. The van der Waals surface area contributed by atoms with Crippen LogP contribution in [0.2, 0.25) is 0 Å². The number of pyridine rings is 1. The van der Waals surface area contributed by atoms with E-state index in [1.54, 1.807) is 30.3 Å². The molecule has 0 aliphatic carbocycles.